The van der Waals surface area contributed by atoms with E-state index in [1.54, 1.807) is 24.1 Å². The second-order valence-electron chi connectivity index (χ2n) is 6.81. The van der Waals surface area contributed by atoms with Gasteiger partial charge in [0.2, 0.25) is 11.8 Å². The van der Waals surface area contributed by atoms with Crippen molar-refractivity contribution in [1.82, 2.24) is 10.2 Å². The van der Waals surface area contributed by atoms with Gasteiger partial charge in [-0.2, -0.15) is 0 Å². The van der Waals surface area contributed by atoms with Crippen molar-refractivity contribution in [2.24, 2.45) is 0 Å². The zero-order valence-corrected chi connectivity index (χ0v) is 19.3. The molecule has 2 aromatic rings. The minimum atomic E-state index is -0.505. The lowest BCUT2D eigenvalue weighted by atomic mass is 10.1. The highest BCUT2D eigenvalue weighted by molar-refractivity contribution is 7.99. The summed E-state index contributed by atoms with van der Waals surface area (Å²) in [5.74, 6) is 1.64. The predicted octanol–water partition coefficient (Wildman–Crippen LogP) is 4.53. The molecule has 2 rings (SSSR count). The Labute approximate surface area is 188 Å². The molecule has 0 aliphatic heterocycles. The zero-order chi connectivity index (χ0) is 21.9. The Kier molecular flexibility index (Phi) is 10.0. The number of benzene rings is 2. The standard InChI is InChI=1S/C23H29ClN2O3S/c1-4-21(23(28)25-5-2)26(14-17-6-10-19(24)11-7-17)22(27)16-30-15-18-8-12-20(29-3)13-9-18/h6-13,21H,4-5,14-16H2,1-3H3,(H,25,28)/t21-/m1/s1. The van der Waals surface area contributed by atoms with Crippen molar-refractivity contribution in [2.75, 3.05) is 19.4 Å². The monoisotopic (exact) mass is 448 g/mol. The maximum Gasteiger partial charge on any atom is 0.242 e. The van der Waals surface area contributed by atoms with Crippen molar-refractivity contribution in [1.29, 1.82) is 0 Å². The van der Waals surface area contributed by atoms with Gasteiger partial charge in [0.1, 0.15) is 11.8 Å². The van der Waals surface area contributed by atoms with Crippen molar-refractivity contribution < 1.29 is 14.3 Å². The van der Waals surface area contributed by atoms with E-state index in [-0.39, 0.29) is 11.8 Å². The number of rotatable bonds is 11. The van der Waals surface area contributed by atoms with Gasteiger partial charge in [0.15, 0.2) is 0 Å². The fourth-order valence-electron chi connectivity index (χ4n) is 3.06. The first kappa shape index (κ1) is 24.1. The summed E-state index contributed by atoms with van der Waals surface area (Å²) in [6.07, 6.45) is 0.550. The number of nitrogens with zero attached hydrogens (tertiary/aromatic N) is 1. The van der Waals surface area contributed by atoms with Crippen LogP contribution in [0.15, 0.2) is 48.5 Å². The van der Waals surface area contributed by atoms with Crippen LogP contribution in [0.1, 0.15) is 31.4 Å². The van der Waals surface area contributed by atoms with Gasteiger partial charge in [-0.15, -0.1) is 11.8 Å². The second-order valence-corrected chi connectivity index (χ2v) is 8.23. The molecule has 0 heterocycles. The van der Waals surface area contributed by atoms with Crippen LogP contribution in [0.5, 0.6) is 5.75 Å². The molecule has 7 heteroatoms. The van der Waals surface area contributed by atoms with E-state index in [2.05, 4.69) is 5.32 Å². The topological polar surface area (TPSA) is 58.6 Å². The molecule has 0 bridgehead atoms. The van der Waals surface area contributed by atoms with E-state index in [4.69, 9.17) is 16.3 Å². The second kappa shape index (κ2) is 12.5. The van der Waals surface area contributed by atoms with Crippen molar-refractivity contribution in [2.45, 2.75) is 38.6 Å². The molecule has 0 saturated carbocycles. The van der Waals surface area contributed by atoms with Gasteiger partial charge in [-0.05, 0) is 48.7 Å². The molecule has 0 aliphatic carbocycles. The first-order valence-electron chi connectivity index (χ1n) is 10.0. The Hall–Kier alpha value is -2.18. The van der Waals surface area contributed by atoms with Gasteiger partial charge < -0.3 is 15.0 Å². The van der Waals surface area contributed by atoms with Gasteiger partial charge in [-0.3, -0.25) is 9.59 Å². The highest BCUT2D eigenvalue weighted by atomic mass is 35.5. The summed E-state index contributed by atoms with van der Waals surface area (Å²) in [5, 5.41) is 3.49. The number of carbonyl (C=O) groups is 2. The van der Waals surface area contributed by atoms with E-state index in [1.807, 2.05) is 50.2 Å². The van der Waals surface area contributed by atoms with Crippen LogP contribution in [0, 0.1) is 0 Å². The Morgan fingerprint density at radius 1 is 1.07 bits per heavy atom. The molecule has 0 saturated heterocycles. The zero-order valence-electron chi connectivity index (χ0n) is 17.7. The number of ether oxygens (including phenoxy) is 1. The predicted molar refractivity (Wildman–Crippen MR) is 124 cm³/mol. The summed E-state index contributed by atoms with van der Waals surface area (Å²) < 4.78 is 5.17. The van der Waals surface area contributed by atoms with Crippen molar-refractivity contribution in [3.8, 4) is 5.75 Å². The van der Waals surface area contributed by atoms with Gasteiger partial charge >= 0.3 is 0 Å². The molecule has 1 atom stereocenters. The number of methoxy groups -OCH3 is 1. The highest BCUT2D eigenvalue weighted by Gasteiger charge is 2.28. The van der Waals surface area contributed by atoms with Crippen LogP contribution >= 0.6 is 23.4 Å². The number of halogens is 1. The van der Waals surface area contributed by atoms with Crippen LogP contribution in [0.3, 0.4) is 0 Å². The third-order valence-electron chi connectivity index (χ3n) is 4.66. The van der Waals surface area contributed by atoms with Crippen LogP contribution < -0.4 is 10.1 Å². The Balaban J connectivity index is 2.07. The molecule has 0 aromatic heterocycles. The summed E-state index contributed by atoms with van der Waals surface area (Å²) in [6, 6.07) is 14.7. The fraction of sp³-hybridized carbons (Fsp3) is 0.391. The molecule has 2 aromatic carbocycles. The number of nitrogens with one attached hydrogen (secondary N) is 1. The van der Waals surface area contributed by atoms with Crippen LogP contribution in [0.25, 0.3) is 0 Å². The molecule has 0 aliphatic rings. The van der Waals surface area contributed by atoms with E-state index in [0.717, 1.165) is 16.9 Å². The smallest absolute Gasteiger partial charge is 0.242 e. The maximum absolute atomic E-state index is 13.1. The fourth-order valence-corrected chi connectivity index (χ4v) is 4.06. The summed E-state index contributed by atoms with van der Waals surface area (Å²) in [7, 11) is 1.64. The van der Waals surface area contributed by atoms with E-state index >= 15 is 0 Å². The number of thioether (sulfide) groups is 1. The SMILES string of the molecule is CCNC(=O)[C@@H](CC)N(Cc1ccc(Cl)cc1)C(=O)CSCc1ccc(OC)cc1. The number of amides is 2. The van der Waals surface area contributed by atoms with Gasteiger partial charge in [-0.25, -0.2) is 0 Å². The normalized spacial score (nSPS) is 11.6. The molecule has 30 heavy (non-hydrogen) atoms. The molecule has 0 fully saturated rings. The largest absolute Gasteiger partial charge is 0.497 e. The van der Waals surface area contributed by atoms with Crippen LogP contribution in [-0.4, -0.2) is 42.2 Å². The molecule has 0 radical (unpaired) electrons. The number of hydrogen-bond acceptors (Lipinski definition) is 4. The summed E-state index contributed by atoms with van der Waals surface area (Å²) in [4.78, 5) is 27.3. The van der Waals surface area contributed by atoms with Crippen molar-refractivity contribution in [3.05, 3.63) is 64.7 Å². The Bertz CT molecular complexity index is 812. The molecule has 2 amide bonds. The summed E-state index contributed by atoms with van der Waals surface area (Å²) in [6.45, 7) is 4.70. The van der Waals surface area contributed by atoms with E-state index in [1.165, 1.54) is 11.8 Å². The molecule has 5 nitrogen and oxygen atoms in total. The molecule has 0 unspecified atom stereocenters. The number of hydrogen-bond donors (Lipinski definition) is 1. The third kappa shape index (κ3) is 7.26. The number of carbonyl (C=O) groups excluding carboxylic acids is 2. The lowest BCUT2D eigenvalue weighted by Crippen LogP contribution is -2.49. The van der Waals surface area contributed by atoms with Crippen LogP contribution in [-0.2, 0) is 21.9 Å². The first-order valence-corrected chi connectivity index (χ1v) is 11.5. The number of likely N-dealkylation sites (N-methyl/N-ethyl adjacent to an activating group) is 1. The average Bonchev–Trinajstić information content (AvgIpc) is 2.75. The van der Waals surface area contributed by atoms with Crippen LogP contribution in [0.2, 0.25) is 5.02 Å². The van der Waals surface area contributed by atoms with E-state index < -0.39 is 6.04 Å². The average molecular weight is 449 g/mol. The van der Waals surface area contributed by atoms with Gasteiger partial charge in [-0.1, -0.05) is 42.8 Å². The van der Waals surface area contributed by atoms with Crippen molar-refractivity contribution in [3.63, 3.8) is 0 Å². The summed E-state index contributed by atoms with van der Waals surface area (Å²) in [5.41, 5.74) is 2.06. The minimum Gasteiger partial charge on any atom is -0.497 e. The molecule has 0 spiro atoms. The van der Waals surface area contributed by atoms with Gasteiger partial charge in [0, 0.05) is 23.9 Å². The highest BCUT2D eigenvalue weighted by Crippen LogP contribution is 2.20. The molecular formula is C23H29ClN2O3S. The van der Waals surface area contributed by atoms with Crippen LogP contribution in [0.4, 0.5) is 0 Å². The molecule has 162 valence electrons. The van der Waals surface area contributed by atoms with Gasteiger partial charge in [0.05, 0.1) is 12.9 Å². The molecule has 1 N–H and O–H groups in total. The lowest BCUT2D eigenvalue weighted by molar-refractivity contribution is -0.139. The minimum absolute atomic E-state index is 0.0541. The lowest BCUT2D eigenvalue weighted by Gasteiger charge is -2.30. The Morgan fingerprint density at radius 2 is 1.70 bits per heavy atom. The third-order valence-corrected chi connectivity index (χ3v) is 5.90. The van der Waals surface area contributed by atoms with E-state index in [0.29, 0.717) is 36.0 Å². The quantitative estimate of drug-likeness (QED) is 0.548. The molecular weight excluding hydrogens is 420 g/mol. The maximum atomic E-state index is 13.1. The van der Waals surface area contributed by atoms with Gasteiger partial charge in [0.25, 0.3) is 0 Å². The first-order chi connectivity index (χ1) is 14.5. The van der Waals surface area contributed by atoms with Crippen molar-refractivity contribution >= 4 is 35.2 Å². The van der Waals surface area contributed by atoms with E-state index in [9.17, 15) is 9.59 Å². The summed E-state index contributed by atoms with van der Waals surface area (Å²) >= 11 is 7.52. The Morgan fingerprint density at radius 3 is 2.27 bits per heavy atom.